The highest BCUT2D eigenvalue weighted by Crippen LogP contribution is 2.68. The zero-order valence-electron chi connectivity index (χ0n) is 22.7. The van der Waals surface area contributed by atoms with Crippen molar-refractivity contribution in [2.45, 2.75) is 130 Å². The van der Waals surface area contributed by atoms with Crippen LogP contribution >= 0.6 is 0 Å². The van der Waals surface area contributed by atoms with Gasteiger partial charge in [0.2, 0.25) is 5.91 Å². The number of nitrogens with one attached hydrogen (secondary N) is 1. The summed E-state index contributed by atoms with van der Waals surface area (Å²) < 4.78 is 0. The monoisotopic (exact) mass is 474 g/mol. The van der Waals surface area contributed by atoms with Gasteiger partial charge in [0.1, 0.15) is 0 Å². The van der Waals surface area contributed by atoms with Crippen LogP contribution in [0.4, 0.5) is 0 Å². The number of aliphatic hydroxyl groups excluding tert-OH is 1. The van der Waals surface area contributed by atoms with Gasteiger partial charge in [-0.2, -0.15) is 0 Å². The third kappa shape index (κ3) is 4.97. The average molecular weight is 475 g/mol. The first-order chi connectivity index (χ1) is 16.2. The molecule has 4 aliphatic rings. The summed E-state index contributed by atoms with van der Waals surface area (Å²) >= 11 is 0. The molecule has 0 radical (unpaired) electrons. The van der Waals surface area contributed by atoms with E-state index in [1.807, 2.05) is 0 Å². The summed E-state index contributed by atoms with van der Waals surface area (Å²) in [6.07, 6.45) is 16.6. The Hall–Kier alpha value is -0.610. The Balaban J connectivity index is 1.40. The number of amides is 1. The van der Waals surface area contributed by atoms with E-state index in [-0.39, 0.29) is 12.0 Å². The molecule has 8 unspecified atom stereocenters. The van der Waals surface area contributed by atoms with E-state index in [1.54, 1.807) is 0 Å². The lowest BCUT2D eigenvalue weighted by atomic mass is 9.43. The summed E-state index contributed by atoms with van der Waals surface area (Å²) in [5.74, 6) is 3.78. The number of carbonyl (C=O) groups is 1. The minimum atomic E-state index is -0.157. The van der Waals surface area contributed by atoms with Crippen molar-refractivity contribution in [3.8, 4) is 0 Å². The number of carbonyl (C=O) groups excluding carboxylic acids is 1. The molecule has 0 aliphatic heterocycles. The Morgan fingerprint density at radius 2 is 1.74 bits per heavy atom. The minimum Gasteiger partial charge on any atom is -0.393 e. The van der Waals surface area contributed by atoms with Crippen LogP contribution in [0, 0.1) is 46.3 Å². The normalized spacial score (nSPS) is 44.7. The second-order valence-electron chi connectivity index (χ2n) is 13.5. The van der Waals surface area contributed by atoms with E-state index >= 15 is 0 Å². The molecule has 4 N–H and O–H groups in total. The highest BCUT2D eigenvalue weighted by Gasteiger charge is 2.62. The molecule has 34 heavy (non-hydrogen) atoms. The van der Waals surface area contributed by atoms with Gasteiger partial charge >= 0.3 is 0 Å². The van der Waals surface area contributed by atoms with E-state index < -0.39 is 0 Å². The lowest BCUT2D eigenvalue weighted by Crippen LogP contribution is -2.59. The number of hydrogen-bond donors (Lipinski definition) is 3. The molecule has 4 nitrogen and oxygen atoms in total. The van der Waals surface area contributed by atoms with Crippen LogP contribution in [0.1, 0.15) is 118 Å². The van der Waals surface area contributed by atoms with Crippen LogP contribution in [0.15, 0.2) is 0 Å². The van der Waals surface area contributed by atoms with Gasteiger partial charge in [0, 0.05) is 12.5 Å². The van der Waals surface area contributed by atoms with Crippen molar-refractivity contribution in [3.05, 3.63) is 0 Å². The Labute approximate surface area is 209 Å². The number of fused-ring (bicyclic) bond motifs is 5. The molecule has 1 amide bonds. The third-order valence-corrected chi connectivity index (χ3v) is 11.7. The second kappa shape index (κ2) is 10.8. The van der Waals surface area contributed by atoms with Gasteiger partial charge in [0.15, 0.2) is 0 Å². The van der Waals surface area contributed by atoms with Crippen molar-refractivity contribution in [2.24, 2.45) is 52.1 Å². The van der Waals surface area contributed by atoms with Crippen molar-refractivity contribution in [1.82, 2.24) is 5.32 Å². The first-order valence-corrected chi connectivity index (χ1v) is 14.9. The lowest BCUT2D eigenvalue weighted by Gasteiger charge is -2.62. The van der Waals surface area contributed by atoms with Crippen LogP contribution < -0.4 is 11.1 Å². The van der Waals surface area contributed by atoms with Crippen molar-refractivity contribution < 1.29 is 9.90 Å². The van der Waals surface area contributed by atoms with Gasteiger partial charge in [0.25, 0.3) is 0 Å². The van der Waals surface area contributed by atoms with E-state index in [0.29, 0.717) is 47.0 Å². The number of hydrogen-bond acceptors (Lipinski definition) is 3. The zero-order chi connectivity index (χ0) is 24.5. The summed E-state index contributed by atoms with van der Waals surface area (Å²) in [5.41, 5.74) is 6.15. The third-order valence-electron chi connectivity index (χ3n) is 11.7. The van der Waals surface area contributed by atoms with Crippen LogP contribution in [0.2, 0.25) is 0 Å². The van der Waals surface area contributed by atoms with Crippen LogP contribution in [0.25, 0.3) is 0 Å². The van der Waals surface area contributed by atoms with Gasteiger partial charge in [-0.1, -0.05) is 47.0 Å². The smallest absolute Gasteiger partial charge is 0.217 e. The van der Waals surface area contributed by atoms with E-state index in [0.717, 1.165) is 31.2 Å². The maximum Gasteiger partial charge on any atom is 0.217 e. The SMILES string of the molecule is CCCCCCNC1CCC2(C)C(C1)C(O)CC1C2CC[C@@]2(C)C1CC[C@@H]2C(C)CCC(N)=O. The minimum absolute atomic E-state index is 0.135. The van der Waals surface area contributed by atoms with Crippen molar-refractivity contribution in [3.63, 3.8) is 0 Å². The predicted molar refractivity (Wildman–Crippen MR) is 140 cm³/mol. The number of rotatable bonds is 10. The lowest BCUT2D eigenvalue weighted by molar-refractivity contribution is -0.162. The topological polar surface area (TPSA) is 75.3 Å². The highest BCUT2D eigenvalue weighted by molar-refractivity contribution is 5.73. The molecule has 0 aromatic rings. The molecule has 10 atom stereocenters. The number of unbranched alkanes of at least 4 members (excludes halogenated alkanes) is 3. The molecule has 0 saturated heterocycles. The van der Waals surface area contributed by atoms with Crippen molar-refractivity contribution >= 4 is 5.91 Å². The van der Waals surface area contributed by atoms with Gasteiger partial charge in [-0.05, 0) is 117 Å². The average Bonchev–Trinajstić information content (AvgIpc) is 3.15. The van der Waals surface area contributed by atoms with Gasteiger partial charge in [0.05, 0.1) is 6.10 Å². The summed E-state index contributed by atoms with van der Waals surface area (Å²) in [6.45, 7) is 10.9. The molecule has 0 aromatic heterocycles. The Morgan fingerprint density at radius 1 is 1.00 bits per heavy atom. The summed E-state index contributed by atoms with van der Waals surface area (Å²) in [6, 6.07) is 0.599. The fraction of sp³-hybridized carbons (Fsp3) is 0.967. The Morgan fingerprint density at radius 3 is 2.47 bits per heavy atom. The second-order valence-corrected chi connectivity index (χ2v) is 13.5. The van der Waals surface area contributed by atoms with E-state index in [1.165, 1.54) is 70.6 Å². The predicted octanol–water partition coefficient (Wildman–Crippen LogP) is 6.06. The largest absolute Gasteiger partial charge is 0.393 e. The fourth-order valence-corrected chi connectivity index (χ4v) is 9.89. The van der Waals surface area contributed by atoms with Gasteiger partial charge in [-0.25, -0.2) is 0 Å². The molecular formula is C30H54N2O2. The maximum absolute atomic E-state index is 11.5. The molecule has 4 rings (SSSR count). The standard InChI is InChI=1S/C30H54N2O2/c1-5-6-7-8-17-32-21-13-15-30(4)25-14-16-29(3)23(20(2)9-12-28(31)34)10-11-24(29)22(25)19-27(33)26(30)18-21/h20-27,32-33H,5-19H2,1-4H3,(H2,31,34)/t20?,21?,22?,23-,24?,25?,26?,27?,29-,30?/m1/s1. The summed E-state index contributed by atoms with van der Waals surface area (Å²) in [4.78, 5) is 11.4. The Bertz CT molecular complexity index is 697. The van der Waals surface area contributed by atoms with Gasteiger partial charge < -0.3 is 16.2 Å². The van der Waals surface area contributed by atoms with Crippen LogP contribution in [0.5, 0.6) is 0 Å². The van der Waals surface area contributed by atoms with Crippen LogP contribution in [-0.4, -0.2) is 29.7 Å². The molecule has 196 valence electrons. The molecule has 0 spiro atoms. The molecule has 4 fully saturated rings. The fourth-order valence-electron chi connectivity index (χ4n) is 9.89. The Kier molecular flexibility index (Phi) is 8.39. The van der Waals surface area contributed by atoms with Gasteiger partial charge in [-0.3, -0.25) is 4.79 Å². The molecule has 0 heterocycles. The number of primary amides is 1. The van der Waals surface area contributed by atoms with Gasteiger partial charge in [-0.15, -0.1) is 0 Å². The first kappa shape index (κ1) is 26.5. The number of aliphatic hydroxyl groups is 1. The zero-order valence-corrected chi connectivity index (χ0v) is 22.7. The molecule has 4 heteroatoms. The number of nitrogens with two attached hydrogens (primary N) is 1. The molecule has 4 aliphatic carbocycles. The van der Waals surface area contributed by atoms with Crippen LogP contribution in [-0.2, 0) is 4.79 Å². The van der Waals surface area contributed by atoms with Crippen LogP contribution in [0.3, 0.4) is 0 Å². The van der Waals surface area contributed by atoms with E-state index in [2.05, 4.69) is 33.0 Å². The van der Waals surface area contributed by atoms with E-state index in [4.69, 9.17) is 5.73 Å². The summed E-state index contributed by atoms with van der Waals surface area (Å²) in [7, 11) is 0. The van der Waals surface area contributed by atoms with Crippen molar-refractivity contribution in [2.75, 3.05) is 6.54 Å². The molecule has 0 aromatic carbocycles. The van der Waals surface area contributed by atoms with Crippen molar-refractivity contribution in [1.29, 1.82) is 0 Å². The molecular weight excluding hydrogens is 420 g/mol. The first-order valence-electron chi connectivity index (χ1n) is 14.9. The molecule has 0 bridgehead atoms. The van der Waals surface area contributed by atoms with E-state index in [9.17, 15) is 9.90 Å². The summed E-state index contributed by atoms with van der Waals surface area (Å²) in [5, 5.41) is 15.4. The quantitative estimate of drug-likeness (QED) is 0.337. The molecule has 4 saturated carbocycles. The maximum atomic E-state index is 11.5. The highest BCUT2D eigenvalue weighted by atomic mass is 16.3.